The number of primary sulfonamides is 1. The summed E-state index contributed by atoms with van der Waals surface area (Å²) in [7, 11) is -3.77. The zero-order chi connectivity index (χ0) is 14.7. The zero-order valence-electron chi connectivity index (χ0n) is 11.6. The van der Waals surface area contributed by atoms with Crippen molar-refractivity contribution in [2.24, 2.45) is 11.1 Å². The molecule has 108 valence electrons. The standard InChI is InChI=1S/C13H22N2O3S/c1-10(2)8-13(3,16)9-15-11-6-4-5-7-12(11)19(14,17)18/h4-7,10,15-16H,8-9H2,1-3H3,(H2,14,17,18). The molecule has 0 aliphatic carbocycles. The first kappa shape index (κ1) is 15.9. The van der Waals surface area contributed by atoms with Gasteiger partial charge in [-0.3, -0.25) is 0 Å². The lowest BCUT2D eigenvalue weighted by Gasteiger charge is -2.26. The van der Waals surface area contributed by atoms with Gasteiger partial charge >= 0.3 is 0 Å². The number of para-hydroxylation sites is 1. The van der Waals surface area contributed by atoms with Gasteiger partial charge in [0.15, 0.2) is 0 Å². The van der Waals surface area contributed by atoms with Crippen LogP contribution >= 0.6 is 0 Å². The molecule has 1 rings (SSSR count). The van der Waals surface area contributed by atoms with E-state index in [2.05, 4.69) is 5.32 Å². The molecule has 0 amide bonds. The van der Waals surface area contributed by atoms with Crippen LogP contribution in [0.3, 0.4) is 0 Å². The summed E-state index contributed by atoms with van der Waals surface area (Å²) < 4.78 is 22.9. The number of nitrogens with two attached hydrogens (primary N) is 1. The quantitative estimate of drug-likeness (QED) is 0.739. The Bertz CT molecular complexity index is 524. The Kier molecular flexibility index (Phi) is 4.95. The lowest BCUT2D eigenvalue weighted by molar-refractivity contribution is 0.0515. The Labute approximate surface area is 114 Å². The second-order valence-corrected chi connectivity index (χ2v) is 7.02. The van der Waals surface area contributed by atoms with Crippen molar-refractivity contribution in [1.29, 1.82) is 0 Å². The van der Waals surface area contributed by atoms with E-state index < -0.39 is 15.6 Å². The predicted molar refractivity (Wildman–Crippen MR) is 76.4 cm³/mol. The summed E-state index contributed by atoms with van der Waals surface area (Å²) in [6, 6.07) is 6.39. The van der Waals surface area contributed by atoms with Crippen molar-refractivity contribution < 1.29 is 13.5 Å². The molecule has 0 heterocycles. The van der Waals surface area contributed by atoms with Gasteiger partial charge in [-0.05, 0) is 31.4 Å². The summed E-state index contributed by atoms with van der Waals surface area (Å²) in [5, 5.41) is 18.3. The summed E-state index contributed by atoms with van der Waals surface area (Å²) in [6.07, 6.45) is 0.623. The number of hydrogen-bond donors (Lipinski definition) is 3. The van der Waals surface area contributed by atoms with E-state index in [0.717, 1.165) is 0 Å². The van der Waals surface area contributed by atoms with E-state index in [-0.39, 0.29) is 11.4 Å². The molecule has 6 heteroatoms. The van der Waals surface area contributed by atoms with Gasteiger partial charge in [-0.1, -0.05) is 26.0 Å². The Morgan fingerprint density at radius 3 is 2.47 bits per heavy atom. The van der Waals surface area contributed by atoms with Crippen LogP contribution in [0.15, 0.2) is 29.2 Å². The Hall–Kier alpha value is -1.11. The van der Waals surface area contributed by atoms with Gasteiger partial charge in [0.25, 0.3) is 0 Å². The first-order valence-electron chi connectivity index (χ1n) is 6.20. The Balaban J connectivity index is 2.85. The summed E-state index contributed by atoms with van der Waals surface area (Å²) in [5.74, 6) is 0.352. The molecule has 19 heavy (non-hydrogen) atoms. The van der Waals surface area contributed by atoms with Crippen LogP contribution in [-0.4, -0.2) is 25.7 Å². The molecule has 4 N–H and O–H groups in total. The minimum atomic E-state index is -3.77. The third-order valence-electron chi connectivity index (χ3n) is 2.70. The predicted octanol–water partition coefficient (Wildman–Crippen LogP) is 1.54. The van der Waals surface area contributed by atoms with Crippen molar-refractivity contribution >= 4 is 15.7 Å². The minimum absolute atomic E-state index is 0.0374. The summed E-state index contributed by atoms with van der Waals surface area (Å²) in [5.41, 5.74) is -0.492. The maximum atomic E-state index is 11.4. The number of aliphatic hydroxyl groups is 1. The highest BCUT2D eigenvalue weighted by Gasteiger charge is 2.22. The van der Waals surface area contributed by atoms with E-state index in [4.69, 9.17) is 5.14 Å². The molecule has 1 atom stereocenters. The highest BCUT2D eigenvalue weighted by Crippen LogP contribution is 2.22. The average molecular weight is 286 g/mol. The summed E-state index contributed by atoms with van der Waals surface area (Å²) in [4.78, 5) is 0.0374. The largest absolute Gasteiger partial charge is 0.388 e. The van der Waals surface area contributed by atoms with E-state index >= 15 is 0 Å². The third kappa shape index (κ3) is 5.18. The molecule has 0 bridgehead atoms. The van der Waals surface area contributed by atoms with Crippen molar-refractivity contribution in [1.82, 2.24) is 0 Å². The van der Waals surface area contributed by atoms with Gasteiger partial charge in [0.2, 0.25) is 10.0 Å². The lowest BCUT2D eigenvalue weighted by Crippen LogP contribution is -2.35. The highest BCUT2D eigenvalue weighted by molar-refractivity contribution is 7.89. The second-order valence-electron chi connectivity index (χ2n) is 5.49. The monoisotopic (exact) mass is 286 g/mol. The van der Waals surface area contributed by atoms with Crippen molar-refractivity contribution in [3.05, 3.63) is 24.3 Å². The van der Waals surface area contributed by atoms with Gasteiger partial charge in [0.05, 0.1) is 11.3 Å². The topological polar surface area (TPSA) is 92.4 Å². The molecule has 1 aromatic rings. The number of nitrogens with one attached hydrogen (secondary N) is 1. The number of benzene rings is 1. The lowest BCUT2D eigenvalue weighted by atomic mass is 9.94. The van der Waals surface area contributed by atoms with Crippen LogP contribution in [0.1, 0.15) is 27.2 Å². The number of sulfonamides is 1. The molecule has 0 saturated heterocycles. The van der Waals surface area contributed by atoms with Gasteiger partial charge in [-0.2, -0.15) is 0 Å². The fourth-order valence-corrected chi connectivity index (χ4v) is 2.81. The molecular weight excluding hydrogens is 264 g/mol. The van der Waals surface area contributed by atoms with Crippen LogP contribution in [-0.2, 0) is 10.0 Å². The smallest absolute Gasteiger partial charge is 0.240 e. The third-order valence-corrected chi connectivity index (χ3v) is 3.67. The molecule has 0 saturated carbocycles. The van der Waals surface area contributed by atoms with Gasteiger partial charge in [-0.15, -0.1) is 0 Å². The highest BCUT2D eigenvalue weighted by atomic mass is 32.2. The van der Waals surface area contributed by atoms with E-state index in [1.165, 1.54) is 6.07 Å². The maximum Gasteiger partial charge on any atom is 0.240 e. The normalized spacial score (nSPS) is 15.3. The molecule has 0 aliphatic heterocycles. The molecule has 1 aromatic carbocycles. The SMILES string of the molecule is CC(C)CC(C)(O)CNc1ccccc1S(N)(=O)=O. The average Bonchev–Trinajstić information content (AvgIpc) is 2.24. The Morgan fingerprint density at radius 2 is 1.95 bits per heavy atom. The van der Waals surface area contributed by atoms with E-state index in [1.54, 1.807) is 25.1 Å². The number of rotatable bonds is 6. The van der Waals surface area contributed by atoms with Crippen molar-refractivity contribution in [2.45, 2.75) is 37.7 Å². The molecule has 0 radical (unpaired) electrons. The van der Waals surface area contributed by atoms with E-state index in [0.29, 0.717) is 18.0 Å². The van der Waals surface area contributed by atoms with Crippen molar-refractivity contribution in [3.8, 4) is 0 Å². The van der Waals surface area contributed by atoms with Crippen LogP contribution in [0.4, 0.5) is 5.69 Å². The molecule has 0 aromatic heterocycles. The van der Waals surface area contributed by atoms with Gasteiger partial charge < -0.3 is 10.4 Å². The number of anilines is 1. The van der Waals surface area contributed by atoms with Crippen LogP contribution in [0.25, 0.3) is 0 Å². The summed E-state index contributed by atoms with van der Waals surface area (Å²) >= 11 is 0. The van der Waals surface area contributed by atoms with Gasteiger partial charge in [0, 0.05) is 6.54 Å². The molecular formula is C13H22N2O3S. The van der Waals surface area contributed by atoms with Gasteiger partial charge in [0.1, 0.15) is 4.90 Å². The molecule has 0 spiro atoms. The van der Waals surface area contributed by atoms with E-state index in [9.17, 15) is 13.5 Å². The van der Waals surface area contributed by atoms with Crippen LogP contribution in [0, 0.1) is 5.92 Å². The fraction of sp³-hybridized carbons (Fsp3) is 0.538. The van der Waals surface area contributed by atoms with Gasteiger partial charge in [-0.25, -0.2) is 13.6 Å². The molecule has 1 unspecified atom stereocenters. The molecule has 5 nitrogen and oxygen atoms in total. The molecule has 0 fully saturated rings. The van der Waals surface area contributed by atoms with Crippen LogP contribution < -0.4 is 10.5 Å². The zero-order valence-corrected chi connectivity index (χ0v) is 12.4. The first-order chi connectivity index (χ1) is 8.62. The van der Waals surface area contributed by atoms with Crippen molar-refractivity contribution in [3.63, 3.8) is 0 Å². The first-order valence-corrected chi connectivity index (χ1v) is 7.74. The summed E-state index contributed by atoms with van der Waals surface area (Å²) in [6.45, 7) is 6.02. The Morgan fingerprint density at radius 1 is 1.37 bits per heavy atom. The van der Waals surface area contributed by atoms with Crippen LogP contribution in [0.5, 0.6) is 0 Å². The fourth-order valence-electron chi connectivity index (χ4n) is 2.10. The second kappa shape index (κ2) is 5.90. The van der Waals surface area contributed by atoms with Crippen molar-refractivity contribution in [2.75, 3.05) is 11.9 Å². The van der Waals surface area contributed by atoms with E-state index in [1.807, 2.05) is 13.8 Å². The molecule has 0 aliphatic rings. The van der Waals surface area contributed by atoms with Crippen LogP contribution in [0.2, 0.25) is 0 Å². The number of hydrogen-bond acceptors (Lipinski definition) is 4. The minimum Gasteiger partial charge on any atom is -0.388 e. The maximum absolute atomic E-state index is 11.4.